The summed E-state index contributed by atoms with van der Waals surface area (Å²) >= 11 is 1.48. The Morgan fingerprint density at radius 1 is 1.00 bits per heavy atom. The first kappa shape index (κ1) is 33.1. The highest BCUT2D eigenvalue weighted by molar-refractivity contribution is 7.98. The van der Waals surface area contributed by atoms with E-state index in [2.05, 4.69) is 20.9 Å². The van der Waals surface area contributed by atoms with Crippen LogP contribution < -0.4 is 27.4 Å². The van der Waals surface area contributed by atoms with E-state index in [1.165, 1.54) is 11.8 Å². The molecular formula is C28H44N6O5S. The number of fused-ring (bicyclic) bond motifs is 1. The standard InChI is InChI=1S/C28H44N6O5S/c1-4-17(2)24(34-25(35)20(30)15-18-16-31-21-10-6-5-9-19(18)21)27(37)32-22(11-7-8-13-29)26(36)33-23(28(38)39)12-14-40-3/h5-6,9-10,16-17,20,22-24,31H,4,7-8,11-15,29-30H2,1-3H3,(H,32,37)(H,33,36)(H,34,35)(H,38,39). The zero-order valence-electron chi connectivity index (χ0n) is 23.6. The average Bonchev–Trinajstić information content (AvgIpc) is 3.35. The van der Waals surface area contributed by atoms with Crippen LogP contribution in [-0.4, -0.2) is 76.5 Å². The number of aromatic amines is 1. The summed E-state index contributed by atoms with van der Waals surface area (Å²) in [5, 5.41) is 18.6. The quantitative estimate of drug-likeness (QED) is 0.130. The van der Waals surface area contributed by atoms with Crippen molar-refractivity contribution in [2.75, 3.05) is 18.6 Å². The van der Waals surface area contributed by atoms with E-state index in [0.717, 1.165) is 16.5 Å². The van der Waals surface area contributed by atoms with Gasteiger partial charge in [-0.15, -0.1) is 0 Å². The lowest BCUT2D eigenvalue weighted by Crippen LogP contribution is -2.58. The summed E-state index contributed by atoms with van der Waals surface area (Å²) in [7, 11) is 0. The van der Waals surface area contributed by atoms with Gasteiger partial charge in [-0.25, -0.2) is 4.79 Å². The number of H-pyrrole nitrogens is 1. The lowest BCUT2D eigenvalue weighted by atomic mass is 9.96. The first-order chi connectivity index (χ1) is 19.1. The van der Waals surface area contributed by atoms with Crippen molar-refractivity contribution in [3.8, 4) is 0 Å². The second-order valence-electron chi connectivity index (χ2n) is 10.1. The number of carboxylic acids is 1. The summed E-state index contributed by atoms with van der Waals surface area (Å²) in [6.07, 6.45) is 6.29. The number of carbonyl (C=O) groups is 4. The predicted octanol–water partition coefficient (Wildman–Crippen LogP) is 1.50. The second kappa shape index (κ2) is 16.9. The minimum atomic E-state index is -1.14. The van der Waals surface area contributed by atoms with E-state index in [4.69, 9.17) is 11.5 Å². The smallest absolute Gasteiger partial charge is 0.326 e. The monoisotopic (exact) mass is 576 g/mol. The molecule has 11 nitrogen and oxygen atoms in total. The fourth-order valence-electron chi connectivity index (χ4n) is 4.38. The average molecular weight is 577 g/mol. The molecule has 5 unspecified atom stereocenters. The van der Waals surface area contributed by atoms with Crippen LogP contribution in [0.4, 0.5) is 0 Å². The summed E-state index contributed by atoms with van der Waals surface area (Å²) in [5.74, 6) is -2.40. The highest BCUT2D eigenvalue weighted by atomic mass is 32.2. The van der Waals surface area contributed by atoms with Gasteiger partial charge in [-0.05, 0) is 68.2 Å². The van der Waals surface area contributed by atoms with Gasteiger partial charge in [-0.2, -0.15) is 11.8 Å². The van der Waals surface area contributed by atoms with Crippen LogP contribution in [0.15, 0.2) is 30.5 Å². The fraction of sp³-hybridized carbons (Fsp3) is 0.571. The van der Waals surface area contributed by atoms with Gasteiger partial charge in [0.15, 0.2) is 0 Å². The highest BCUT2D eigenvalue weighted by Gasteiger charge is 2.32. The van der Waals surface area contributed by atoms with Crippen molar-refractivity contribution >= 4 is 46.4 Å². The Labute approximate surface area is 240 Å². The van der Waals surface area contributed by atoms with Crippen LogP contribution in [0.1, 0.15) is 51.5 Å². The van der Waals surface area contributed by atoms with Crippen LogP contribution in [0.5, 0.6) is 0 Å². The van der Waals surface area contributed by atoms with E-state index in [9.17, 15) is 24.3 Å². The van der Waals surface area contributed by atoms with Crippen LogP contribution >= 0.6 is 11.8 Å². The molecule has 222 valence electrons. The minimum Gasteiger partial charge on any atom is -0.480 e. The second-order valence-corrected chi connectivity index (χ2v) is 11.1. The normalized spacial score (nSPS) is 15.0. The molecule has 0 radical (unpaired) electrons. The molecule has 0 fully saturated rings. The van der Waals surface area contributed by atoms with Crippen molar-refractivity contribution in [3.63, 3.8) is 0 Å². The molecule has 0 bridgehead atoms. The number of benzene rings is 1. The van der Waals surface area contributed by atoms with Gasteiger partial charge in [0, 0.05) is 17.1 Å². The van der Waals surface area contributed by atoms with E-state index in [1.807, 2.05) is 50.6 Å². The Morgan fingerprint density at radius 2 is 1.70 bits per heavy atom. The van der Waals surface area contributed by atoms with Crippen molar-refractivity contribution in [2.24, 2.45) is 17.4 Å². The molecule has 2 aromatic rings. The molecule has 9 N–H and O–H groups in total. The number of aromatic nitrogens is 1. The number of thioether (sulfide) groups is 1. The third-order valence-electron chi connectivity index (χ3n) is 7.05. The number of nitrogens with one attached hydrogen (secondary N) is 4. The number of hydrogen-bond acceptors (Lipinski definition) is 7. The Bertz CT molecular complexity index is 1130. The number of carbonyl (C=O) groups excluding carboxylic acids is 3. The van der Waals surface area contributed by atoms with E-state index in [0.29, 0.717) is 31.6 Å². The van der Waals surface area contributed by atoms with Crippen LogP contribution in [0.2, 0.25) is 0 Å². The summed E-state index contributed by atoms with van der Waals surface area (Å²) in [5.41, 5.74) is 13.7. The SMILES string of the molecule is CCC(C)C(NC(=O)C(N)Cc1c[nH]c2ccccc12)C(=O)NC(CCCCN)C(=O)NC(CCSC)C(=O)O. The molecule has 12 heteroatoms. The third kappa shape index (κ3) is 9.83. The molecule has 0 aliphatic rings. The molecular weight excluding hydrogens is 532 g/mol. The molecule has 2 rings (SSSR count). The maximum Gasteiger partial charge on any atom is 0.326 e. The number of hydrogen-bond donors (Lipinski definition) is 7. The molecule has 1 aromatic carbocycles. The molecule has 0 saturated carbocycles. The maximum absolute atomic E-state index is 13.4. The number of nitrogens with two attached hydrogens (primary N) is 2. The number of carboxylic acid groups (broad SMARTS) is 1. The molecule has 1 heterocycles. The topological polar surface area (TPSA) is 192 Å². The maximum atomic E-state index is 13.4. The molecule has 0 saturated heterocycles. The first-order valence-corrected chi connectivity index (χ1v) is 15.2. The number of rotatable bonds is 18. The van der Waals surface area contributed by atoms with Gasteiger partial charge in [0.1, 0.15) is 18.1 Å². The Morgan fingerprint density at radius 3 is 2.35 bits per heavy atom. The summed E-state index contributed by atoms with van der Waals surface area (Å²) in [4.78, 5) is 54.5. The first-order valence-electron chi connectivity index (χ1n) is 13.8. The summed E-state index contributed by atoms with van der Waals surface area (Å²) in [6.45, 7) is 4.16. The third-order valence-corrected chi connectivity index (χ3v) is 7.69. The highest BCUT2D eigenvalue weighted by Crippen LogP contribution is 2.19. The van der Waals surface area contributed by atoms with E-state index < -0.39 is 47.9 Å². The van der Waals surface area contributed by atoms with Gasteiger partial charge in [-0.1, -0.05) is 38.5 Å². The largest absolute Gasteiger partial charge is 0.480 e. The summed E-state index contributed by atoms with van der Waals surface area (Å²) in [6, 6.07) is 3.86. The van der Waals surface area contributed by atoms with Crippen molar-refractivity contribution in [1.29, 1.82) is 0 Å². The zero-order chi connectivity index (χ0) is 29.7. The van der Waals surface area contributed by atoms with Gasteiger partial charge in [0.05, 0.1) is 6.04 Å². The molecule has 3 amide bonds. The molecule has 1 aromatic heterocycles. The summed E-state index contributed by atoms with van der Waals surface area (Å²) < 4.78 is 0. The lowest BCUT2D eigenvalue weighted by molar-refractivity contribution is -0.142. The van der Waals surface area contributed by atoms with Crippen molar-refractivity contribution in [3.05, 3.63) is 36.0 Å². The van der Waals surface area contributed by atoms with Gasteiger partial charge < -0.3 is 37.5 Å². The van der Waals surface area contributed by atoms with E-state index in [1.54, 1.807) is 0 Å². The Hall–Kier alpha value is -3.09. The molecule has 40 heavy (non-hydrogen) atoms. The van der Waals surface area contributed by atoms with E-state index in [-0.39, 0.29) is 25.2 Å². The van der Waals surface area contributed by atoms with E-state index >= 15 is 0 Å². The van der Waals surface area contributed by atoms with Gasteiger partial charge in [-0.3, -0.25) is 14.4 Å². The van der Waals surface area contributed by atoms with Gasteiger partial charge in [0.25, 0.3) is 0 Å². The molecule has 0 spiro atoms. The number of aliphatic carboxylic acids is 1. The molecule has 5 atom stereocenters. The number of amides is 3. The zero-order valence-corrected chi connectivity index (χ0v) is 24.4. The van der Waals surface area contributed by atoms with Crippen LogP contribution in [0.25, 0.3) is 10.9 Å². The predicted molar refractivity (Wildman–Crippen MR) is 159 cm³/mol. The Kier molecular flexibility index (Phi) is 14.0. The van der Waals surface area contributed by atoms with Crippen LogP contribution in [0, 0.1) is 5.92 Å². The Balaban J connectivity index is 2.13. The van der Waals surface area contributed by atoms with Crippen LogP contribution in [0.3, 0.4) is 0 Å². The number of unbranched alkanes of at least 4 members (excludes halogenated alkanes) is 1. The van der Waals surface area contributed by atoms with Crippen molar-refractivity contribution in [2.45, 2.75) is 76.5 Å². The van der Waals surface area contributed by atoms with Crippen molar-refractivity contribution < 1.29 is 24.3 Å². The van der Waals surface area contributed by atoms with Crippen LogP contribution in [-0.2, 0) is 25.6 Å². The minimum absolute atomic E-state index is 0.245. The van der Waals surface area contributed by atoms with Gasteiger partial charge in [0.2, 0.25) is 17.7 Å². The van der Waals surface area contributed by atoms with Crippen molar-refractivity contribution in [1.82, 2.24) is 20.9 Å². The number of para-hydroxylation sites is 1. The fourth-order valence-corrected chi connectivity index (χ4v) is 4.85. The molecule has 0 aliphatic carbocycles. The lowest BCUT2D eigenvalue weighted by Gasteiger charge is -2.28. The van der Waals surface area contributed by atoms with Gasteiger partial charge >= 0.3 is 5.97 Å². The molecule has 0 aliphatic heterocycles.